The molecule has 2 rings (SSSR count). The Kier molecular flexibility index (Phi) is 5.95. The van der Waals surface area contributed by atoms with Gasteiger partial charge in [-0.05, 0) is 24.3 Å². The van der Waals surface area contributed by atoms with Crippen LogP contribution in [0, 0.1) is 5.82 Å². The van der Waals surface area contributed by atoms with E-state index in [-0.39, 0.29) is 31.3 Å². The van der Waals surface area contributed by atoms with E-state index in [1.54, 1.807) is 25.2 Å². The summed E-state index contributed by atoms with van der Waals surface area (Å²) in [5.74, 6) is 0.324. The zero-order chi connectivity index (χ0) is 15.9. The van der Waals surface area contributed by atoms with Crippen molar-refractivity contribution in [1.82, 2.24) is 4.90 Å². The Balaban J connectivity index is 1.80. The van der Waals surface area contributed by atoms with E-state index in [2.05, 4.69) is 15.9 Å². The van der Waals surface area contributed by atoms with E-state index in [0.29, 0.717) is 11.3 Å². The third-order valence-corrected chi connectivity index (χ3v) is 3.67. The molecule has 0 saturated heterocycles. The van der Waals surface area contributed by atoms with Gasteiger partial charge in [0.05, 0.1) is 13.0 Å². The monoisotopic (exact) mass is 365 g/mol. The molecule has 0 aliphatic heterocycles. The lowest BCUT2D eigenvalue weighted by molar-refractivity contribution is -0.130. The lowest BCUT2D eigenvalue weighted by atomic mass is 10.2. The minimum atomic E-state index is -0.299. The molecule has 0 bridgehead atoms. The summed E-state index contributed by atoms with van der Waals surface area (Å²) < 4.78 is 20.0. The van der Waals surface area contributed by atoms with E-state index in [1.165, 1.54) is 11.0 Å². The van der Waals surface area contributed by atoms with Gasteiger partial charge in [0.2, 0.25) is 5.91 Å². The van der Waals surface area contributed by atoms with Crippen LogP contribution in [0.1, 0.15) is 12.0 Å². The van der Waals surface area contributed by atoms with Crippen LogP contribution in [0.4, 0.5) is 4.39 Å². The Labute approximate surface area is 137 Å². The van der Waals surface area contributed by atoms with Gasteiger partial charge >= 0.3 is 0 Å². The predicted molar refractivity (Wildman–Crippen MR) is 87.1 cm³/mol. The van der Waals surface area contributed by atoms with Gasteiger partial charge in [0.15, 0.2) is 0 Å². The van der Waals surface area contributed by atoms with Crippen LogP contribution in [0.2, 0.25) is 0 Å². The number of carbonyl (C=O) groups excluding carboxylic acids is 1. The number of nitrogens with zero attached hydrogens (tertiary/aromatic N) is 1. The largest absolute Gasteiger partial charge is 0.493 e. The molecule has 0 heterocycles. The highest BCUT2D eigenvalue weighted by atomic mass is 79.9. The highest BCUT2D eigenvalue weighted by molar-refractivity contribution is 9.10. The van der Waals surface area contributed by atoms with Gasteiger partial charge in [0.1, 0.15) is 11.6 Å². The van der Waals surface area contributed by atoms with Crippen LogP contribution < -0.4 is 4.74 Å². The number of rotatable bonds is 6. The Bertz CT molecular complexity index is 648. The third-order valence-electron chi connectivity index (χ3n) is 3.17. The zero-order valence-electron chi connectivity index (χ0n) is 12.3. The van der Waals surface area contributed by atoms with Crippen LogP contribution in [0.15, 0.2) is 53.0 Å². The molecule has 22 heavy (non-hydrogen) atoms. The number of hydrogen-bond donors (Lipinski definition) is 0. The Hall–Kier alpha value is -1.88. The van der Waals surface area contributed by atoms with Gasteiger partial charge in [-0.3, -0.25) is 4.79 Å². The molecule has 2 aromatic carbocycles. The molecule has 0 spiro atoms. The fourth-order valence-corrected chi connectivity index (χ4v) is 2.35. The molecule has 0 N–H and O–H groups in total. The van der Waals surface area contributed by atoms with Crippen molar-refractivity contribution in [3.8, 4) is 5.75 Å². The summed E-state index contributed by atoms with van der Waals surface area (Å²) in [6.07, 6.45) is 0.247. The van der Waals surface area contributed by atoms with E-state index in [9.17, 15) is 9.18 Å². The van der Waals surface area contributed by atoms with Gasteiger partial charge in [-0.2, -0.15) is 0 Å². The summed E-state index contributed by atoms with van der Waals surface area (Å²) in [6.45, 7) is 0.541. The summed E-state index contributed by atoms with van der Waals surface area (Å²) in [6, 6.07) is 13.9. The first-order valence-electron chi connectivity index (χ1n) is 6.92. The summed E-state index contributed by atoms with van der Waals surface area (Å²) in [5.41, 5.74) is 0.506. The second-order valence-corrected chi connectivity index (χ2v) is 5.81. The second kappa shape index (κ2) is 7.94. The molecule has 5 heteroatoms. The van der Waals surface area contributed by atoms with Crippen molar-refractivity contribution in [2.75, 3.05) is 13.7 Å². The molecule has 0 aromatic heterocycles. The van der Waals surface area contributed by atoms with Crippen molar-refractivity contribution < 1.29 is 13.9 Å². The zero-order valence-corrected chi connectivity index (χ0v) is 13.8. The van der Waals surface area contributed by atoms with Crippen LogP contribution in [-0.2, 0) is 11.3 Å². The van der Waals surface area contributed by atoms with E-state index < -0.39 is 0 Å². The first-order valence-corrected chi connectivity index (χ1v) is 7.71. The molecular weight excluding hydrogens is 349 g/mol. The Morgan fingerprint density at radius 1 is 1.23 bits per heavy atom. The summed E-state index contributed by atoms with van der Waals surface area (Å²) in [5, 5.41) is 0. The smallest absolute Gasteiger partial charge is 0.226 e. The standard InChI is InChI=1S/C17H17BrFNO2/c1-20(12-13-5-2-3-8-16(13)19)17(21)9-10-22-15-7-4-6-14(18)11-15/h2-8,11H,9-10,12H2,1H3. The molecule has 0 unspecified atom stereocenters. The fourth-order valence-electron chi connectivity index (χ4n) is 1.97. The minimum Gasteiger partial charge on any atom is -0.493 e. The number of amides is 1. The van der Waals surface area contributed by atoms with Gasteiger partial charge < -0.3 is 9.64 Å². The van der Waals surface area contributed by atoms with E-state index in [1.807, 2.05) is 24.3 Å². The van der Waals surface area contributed by atoms with Crippen LogP contribution >= 0.6 is 15.9 Å². The molecule has 0 atom stereocenters. The normalized spacial score (nSPS) is 10.3. The van der Waals surface area contributed by atoms with Crippen LogP contribution in [-0.4, -0.2) is 24.5 Å². The highest BCUT2D eigenvalue weighted by Gasteiger charge is 2.11. The molecule has 2 aromatic rings. The van der Waals surface area contributed by atoms with Crippen LogP contribution in [0.5, 0.6) is 5.75 Å². The molecular formula is C17H17BrFNO2. The van der Waals surface area contributed by atoms with Crippen molar-refractivity contribution in [1.29, 1.82) is 0 Å². The summed E-state index contributed by atoms with van der Waals surface area (Å²) >= 11 is 3.36. The first-order chi connectivity index (χ1) is 10.6. The molecule has 0 fully saturated rings. The predicted octanol–water partition coefficient (Wildman–Crippen LogP) is 4.02. The second-order valence-electron chi connectivity index (χ2n) is 4.90. The van der Waals surface area contributed by atoms with E-state index in [4.69, 9.17) is 4.74 Å². The average Bonchev–Trinajstić information content (AvgIpc) is 2.49. The van der Waals surface area contributed by atoms with Crippen molar-refractivity contribution in [2.24, 2.45) is 0 Å². The van der Waals surface area contributed by atoms with Crippen LogP contribution in [0.3, 0.4) is 0 Å². The van der Waals surface area contributed by atoms with Gasteiger partial charge in [-0.25, -0.2) is 4.39 Å². The summed E-state index contributed by atoms with van der Waals surface area (Å²) in [7, 11) is 1.66. The van der Waals surface area contributed by atoms with Crippen molar-refractivity contribution in [2.45, 2.75) is 13.0 Å². The maximum atomic E-state index is 13.6. The lowest BCUT2D eigenvalue weighted by Crippen LogP contribution is -2.27. The van der Waals surface area contributed by atoms with Crippen molar-refractivity contribution in [3.05, 3.63) is 64.4 Å². The minimum absolute atomic E-state index is 0.0850. The fraction of sp³-hybridized carbons (Fsp3) is 0.235. The quantitative estimate of drug-likeness (QED) is 0.773. The highest BCUT2D eigenvalue weighted by Crippen LogP contribution is 2.18. The SMILES string of the molecule is CN(Cc1ccccc1F)C(=O)CCOc1cccc(Br)c1. The van der Waals surface area contributed by atoms with Gasteiger partial charge in [0.25, 0.3) is 0 Å². The van der Waals surface area contributed by atoms with Crippen LogP contribution in [0.25, 0.3) is 0 Å². The lowest BCUT2D eigenvalue weighted by Gasteiger charge is -2.17. The number of benzene rings is 2. The number of carbonyl (C=O) groups is 1. The Morgan fingerprint density at radius 3 is 2.73 bits per heavy atom. The molecule has 0 saturated carbocycles. The van der Waals surface area contributed by atoms with Crippen molar-refractivity contribution >= 4 is 21.8 Å². The van der Waals surface area contributed by atoms with Gasteiger partial charge in [-0.15, -0.1) is 0 Å². The van der Waals surface area contributed by atoms with Crippen molar-refractivity contribution in [3.63, 3.8) is 0 Å². The molecule has 0 radical (unpaired) electrons. The maximum absolute atomic E-state index is 13.6. The van der Waals surface area contributed by atoms with E-state index >= 15 is 0 Å². The van der Waals surface area contributed by atoms with Gasteiger partial charge in [-0.1, -0.05) is 40.2 Å². The molecule has 1 amide bonds. The molecule has 0 aliphatic rings. The Morgan fingerprint density at radius 2 is 2.00 bits per heavy atom. The average molecular weight is 366 g/mol. The topological polar surface area (TPSA) is 29.5 Å². The summed E-state index contributed by atoms with van der Waals surface area (Å²) in [4.78, 5) is 13.5. The molecule has 0 aliphatic carbocycles. The number of ether oxygens (including phenoxy) is 1. The number of halogens is 2. The first kappa shape index (κ1) is 16.5. The maximum Gasteiger partial charge on any atom is 0.226 e. The molecule has 3 nitrogen and oxygen atoms in total. The third kappa shape index (κ3) is 4.84. The molecule has 116 valence electrons. The van der Waals surface area contributed by atoms with Gasteiger partial charge in [0, 0.05) is 23.6 Å². The number of hydrogen-bond acceptors (Lipinski definition) is 2. The van der Waals surface area contributed by atoms with E-state index in [0.717, 1.165) is 4.47 Å².